The number of carbonyl (C=O) groups excluding carboxylic acids is 2. The summed E-state index contributed by atoms with van der Waals surface area (Å²) in [6, 6.07) is 23.8. The summed E-state index contributed by atoms with van der Waals surface area (Å²) in [5.74, 6) is -0.728. The van der Waals surface area contributed by atoms with Crippen LogP contribution < -0.4 is 10.2 Å². The number of rotatable bonds is 5. The zero-order valence-corrected chi connectivity index (χ0v) is 17.1. The molecule has 0 spiro atoms. The van der Waals surface area contributed by atoms with Crippen molar-refractivity contribution in [3.05, 3.63) is 100 Å². The third-order valence-corrected chi connectivity index (χ3v) is 5.75. The molecule has 2 amide bonds. The maximum Gasteiger partial charge on any atom is 0.283 e. The summed E-state index contributed by atoms with van der Waals surface area (Å²) in [4.78, 5) is 28.8. The summed E-state index contributed by atoms with van der Waals surface area (Å²) in [7, 11) is 0. The van der Waals surface area contributed by atoms with Gasteiger partial charge in [0, 0.05) is 15.6 Å². The predicted molar refractivity (Wildman–Crippen MR) is 118 cm³/mol. The lowest BCUT2D eigenvalue weighted by Gasteiger charge is -2.15. The monoisotopic (exact) mass is 420 g/mol. The van der Waals surface area contributed by atoms with Crippen LogP contribution in [0.5, 0.6) is 0 Å². The summed E-state index contributed by atoms with van der Waals surface area (Å²) in [5.41, 5.74) is 2.61. The van der Waals surface area contributed by atoms with Crippen molar-refractivity contribution < 1.29 is 9.59 Å². The summed E-state index contributed by atoms with van der Waals surface area (Å²) < 4.78 is 0. The molecule has 0 radical (unpaired) electrons. The van der Waals surface area contributed by atoms with Gasteiger partial charge in [-0.15, -0.1) is 0 Å². The average molecular weight is 421 g/mol. The predicted octanol–water partition coefficient (Wildman–Crippen LogP) is 5.64. The number of nitrogens with one attached hydrogen (secondary N) is 1. The van der Waals surface area contributed by atoms with E-state index in [1.807, 2.05) is 37.3 Å². The van der Waals surface area contributed by atoms with Gasteiger partial charge in [-0.1, -0.05) is 59.3 Å². The van der Waals surface area contributed by atoms with Gasteiger partial charge in [-0.2, -0.15) is 0 Å². The number of nitrogens with zero attached hydrogens (tertiary/aromatic N) is 1. The molecule has 0 unspecified atom stereocenters. The van der Waals surface area contributed by atoms with Crippen LogP contribution in [-0.4, -0.2) is 11.8 Å². The van der Waals surface area contributed by atoms with Crippen LogP contribution in [0.15, 0.2) is 94.4 Å². The minimum Gasteiger partial charge on any atom is -0.350 e. The number of imide groups is 1. The van der Waals surface area contributed by atoms with Gasteiger partial charge in [0.25, 0.3) is 11.8 Å². The van der Waals surface area contributed by atoms with Gasteiger partial charge in [-0.05, 0) is 55.5 Å². The Bertz CT molecular complexity index is 1020. The largest absolute Gasteiger partial charge is 0.350 e. The van der Waals surface area contributed by atoms with Crippen LogP contribution in [0.3, 0.4) is 0 Å². The molecule has 4 nitrogen and oxygen atoms in total. The van der Waals surface area contributed by atoms with Crippen molar-refractivity contribution in [3.8, 4) is 0 Å². The number of anilines is 2. The van der Waals surface area contributed by atoms with Gasteiger partial charge < -0.3 is 5.32 Å². The highest BCUT2D eigenvalue weighted by Crippen LogP contribution is 2.37. The second kappa shape index (κ2) is 8.15. The Balaban J connectivity index is 1.73. The maximum absolute atomic E-state index is 13.2. The third kappa shape index (κ3) is 4.06. The number of thioether (sulfide) groups is 1. The minimum atomic E-state index is -0.384. The number of carbonyl (C=O) groups is 2. The zero-order chi connectivity index (χ0) is 20.4. The molecule has 0 aromatic heterocycles. The Morgan fingerprint density at radius 3 is 2.14 bits per heavy atom. The molecule has 1 heterocycles. The minimum absolute atomic E-state index is 0.256. The summed E-state index contributed by atoms with van der Waals surface area (Å²) in [6.45, 7) is 2.00. The van der Waals surface area contributed by atoms with Gasteiger partial charge in [-0.3, -0.25) is 9.59 Å². The number of benzene rings is 3. The van der Waals surface area contributed by atoms with Gasteiger partial charge >= 0.3 is 0 Å². The molecule has 4 rings (SSSR count). The van der Waals surface area contributed by atoms with E-state index in [0.29, 0.717) is 21.3 Å². The molecule has 1 aliphatic heterocycles. The van der Waals surface area contributed by atoms with Gasteiger partial charge in [0.15, 0.2) is 0 Å². The number of halogens is 1. The van der Waals surface area contributed by atoms with Gasteiger partial charge in [0.05, 0.1) is 5.69 Å². The van der Waals surface area contributed by atoms with Crippen molar-refractivity contribution >= 4 is 46.6 Å². The van der Waals surface area contributed by atoms with Gasteiger partial charge in [0.1, 0.15) is 10.6 Å². The van der Waals surface area contributed by atoms with E-state index >= 15 is 0 Å². The van der Waals surface area contributed by atoms with Crippen molar-refractivity contribution in [1.29, 1.82) is 0 Å². The lowest BCUT2D eigenvalue weighted by molar-refractivity contribution is -0.120. The molecule has 0 bridgehead atoms. The second-order valence-electron chi connectivity index (χ2n) is 6.53. The smallest absolute Gasteiger partial charge is 0.283 e. The lowest BCUT2D eigenvalue weighted by Crippen LogP contribution is -2.32. The fourth-order valence-electron chi connectivity index (χ4n) is 2.93. The lowest BCUT2D eigenvalue weighted by atomic mass is 10.2. The normalized spacial score (nSPS) is 13.9. The standard InChI is InChI=1S/C23H17ClN2O2S/c1-15-7-13-19(14-8-15)29-21-20(25-17-11-9-16(24)10-12-17)22(27)26(23(21)28)18-5-3-2-4-6-18/h2-14,25H,1H3. The molecular weight excluding hydrogens is 404 g/mol. The Kier molecular flexibility index (Phi) is 5.43. The van der Waals surface area contributed by atoms with E-state index in [1.54, 1.807) is 48.5 Å². The Morgan fingerprint density at radius 1 is 0.828 bits per heavy atom. The average Bonchev–Trinajstić information content (AvgIpc) is 2.96. The summed E-state index contributed by atoms with van der Waals surface area (Å²) in [6.07, 6.45) is 0. The van der Waals surface area contributed by atoms with Crippen LogP contribution in [-0.2, 0) is 9.59 Å². The Morgan fingerprint density at radius 2 is 1.48 bits per heavy atom. The van der Waals surface area contributed by atoms with Crippen molar-refractivity contribution in [3.63, 3.8) is 0 Å². The first-order chi connectivity index (χ1) is 14.0. The molecule has 29 heavy (non-hydrogen) atoms. The quantitative estimate of drug-likeness (QED) is 0.543. The van der Waals surface area contributed by atoms with Gasteiger partial charge in [-0.25, -0.2) is 4.90 Å². The summed E-state index contributed by atoms with van der Waals surface area (Å²) in [5, 5.41) is 3.71. The highest BCUT2D eigenvalue weighted by Gasteiger charge is 2.40. The molecule has 1 aliphatic rings. The van der Waals surface area contributed by atoms with E-state index in [2.05, 4.69) is 5.32 Å². The molecule has 6 heteroatoms. The number of aryl methyl sites for hydroxylation is 1. The van der Waals surface area contributed by atoms with Crippen LogP contribution in [0, 0.1) is 6.92 Å². The molecular formula is C23H17ClN2O2S. The molecule has 3 aromatic carbocycles. The highest BCUT2D eigenvalue weighted by atomic mass is 35.5. The molecule has 0 fully saturated rings. The van der Waals surface area contributed by atoms with Crippen molar-refractivity contribution in [2.75, 3.05) is 10.2 Å². The van der Waals surface area contributed by atoms with E-state index in [9.17, 15) is 9.59 Å². The first-order valence-corrected chi connectivity index (χ1v) is 10.2. The van der Waals surface area contributed by atoms with E-state index in [-0.39, 0.29) is 17.5 Å². The van der Waals surface area contributed by atoms with Crippen LogP contribution in [0.4, 0.5) is 11.4 Å². The van der Waals surface area contributed by atoms with E-state index in [1.165, 1.54) is 16.7 Å². The molecule has 3 aromatic rings. The molecule has 0 aliphatic carbocycles. The number of para-hydroxylation sites is 1. The number of hydrogen-bond donors (Lipinski definition) is 1. The van der Waals surface area contributed by atoms with Crippen molar-refractivity contribution in [2.24, 2.45) is 0 Å². The van der Waals surface area contributed by atoms with E-state index in [4.69, 9.17) is 11.6 Å². The van der Waals surface area contributed by atoms with Crippen LogP contribution in [0.2, 0.25) is 5.02 Å². The highest BCUT2D eigenvalue weighted by molar-refractivity contribution is 8.04. The SMILES string of the molecule is Cc1ccc(SC2=C(Nc3ccc(Cl)cc3)C(=O)N(c3ccccc3)C2=O)cc1. The topological polar surface area (TPSA) is 49.4 Å². The van der Waals surface area contributed by atoms with Crippen LogP contribution >= 0.6 is 23.4 Å². The number of amides is 2. The van der Waals surface area contributed by atoms with Crippen LogP contribution in [0.1, 0.15) is 5.56 Å². The van der Waals surface area contributed by atoms with Gasteiger partial charge in [0.2, 0.25) is 0 Å². The maximum atomic E-state index is 13.2. The third-order valence-electron chi connectivity index (χ3n) is 4.41. The molecule has 1 N–H and O–H groups in total. The molecule has 0 saturated carbocycles. The van der Waals surface area contributed by atoms with E-state index in [0.717, 1.165) is 10.5 Å². The zero-order valence-electron chi connectivity index (χ0n) is 15.6. The number of hydrogen-bond acceptors (Lipinski definition) is 4. The first kappa shape index (κ1) is 19.3. The van der Waals surface area contributed by atoms with Crippen molar-refractivity contribution in [2.45, 2.75) is 11.8 Å². The first-order valence-electron chi connectivity index (χ1n) is 8.98. The molecule has 0 atom stereocenters. The molecule has 144 valence electrons. The van der Waals surface area contributed by atoms with E-state index < -0.39 is 0 Å². The van der Waals surface area contributed by atoms with Crippen molar-refractivity contribution in [1.82, 2.24) is 0 Å². The Labute approximate surface area is 178 Å². The van der Waals surface area contributed by atoms with Crippen LogP contribution in [0.25, 0.3) is 0 Å². The fourth-order valence-corrected chi connectivity index (χ4v) is 3.98. The fraction of sp³-hybridized carbons (Fsp3) is 0.0435. The molecule has 0 saturated heterocycles. The Hall–Kier alpha value is -3.02. The summed E-state index contributed by atoms with van der Waals surface area (Å²) >= 11 is 7.24. The second-order valence-corrected chi connectivity index (χ2v) is 8.05.